The van der Waals surface area contributed by atoms with E-state index in [1.165, 1.54) is 30.5 Å². The molecular formula is C21H13F6N3O3. The molecule has 0 saturated carbocycles. The minimum Gasteiger partial charge on any atom is -0.456 e. The molecular weight excluding hydrogens is 456 g/mol. The molecule has 0 fully saturated rings. The van der Waals surface area contributed by atoms with Crippen molar-refractivity contribution >= 4 is 11.8 Å². The van der Waals surface area contributed by atoms with E-state index >= 15 is 0 Å². The number of benzene rings is 2. The van der Waals surface area contributed by atoms with Gasteiger partial charge in [0.15, 0.2) is 0 Å². The first-order chi connectivity index (χ1) is 15.4. The molecule has 3 aromatic rings. The van der Waals surface area contributed by atoms with Crippen molar-refractivity contribution in [2.45, 2.75) is 12.4 Å². The lowest BCUT2D eigenvalue weighted by molar-refractivity contribution is -0.143. The fraction of sp³-hybridized carbons (Fsp3) is 0.0952. The predicted molar refractivity (Wildman–Crippen MR) is 102 cm³/mol. The molecule has 0 atom stereocenters. The fourth-order valence-electron chi connectivity index (χ4n) is 2.56. The van der Waals surface area contributed by atoms with Gasteiger partial charge in [-0.05, 0) is 54.6 Å². The number of hydrogen-bond acceptors (Lipinski definition) is 4. The maximum absolute atomic E-state index is 12.9. The summed E-state index contributed by atoms with van der Waals surface area (Å²) in [5, 5.41) is 0. The summed E-state index contributed by atoms with van der Waals surface area (Å²) in [7, 11) is 0. The van der Waals surface area contributed by atoms with E-state index in [0.29, 0.717) is 11.5 Å². The Bertz CT molecular complexity index is 1110. The van der Waals surface area contributed by atoms with Crippen molar-refractivity contribution in [2.75, 3.05) is 0 Å². The van der Waals surface area contributed by atoms with Gasteiger partial charge in [-0.25, -0.2) is 0 Å². The monoisotopic (exact) mass is 469 g/mol. The van der Waals surface area contributed by atoms with Crippen molar-refractivity contribution in [3.05, 3.63) is 89.2 Å². The molecule has 1 aromatic heterocycles. The van der Waals surface area contributed by atoms with E-state index in [9.17, 15) is 35.9 Å². The predicted octanol–water partition coefficient (Wildman–Crippen LogP) is 4.99. The van der Waals surface area contributed by atoms with Crippen LogP contribution in [0, 0.1) is 0 Å². The number of rotatable bonds is 4. The summed E-state index contributed by atoms with van der Waals surface area (Å²) in [6.45, 7) is 0. The lowest BCUT2D eigenvalue weighted by atomic mass is 10.0. The van der Waals surface area contributed by atoms with Crippen LogP contribution in [-0.4, -0.2) is 16.8 Å². The maximum Gasteiger partial charge on any atom is 0.416 e. The van der Waals surface area contributed by atoms with Crippen molar-refractivity contribution in [3.8, 4) is 11.5 Å². The number of amides is 2. The number of nitrogens with one attached hydrogen (secondary N) is 2. The lowest BCUT2D eigenvalue weighted by Crippen LogP contribution is -2.41. The van der Waals surface area contributed by atoms with E-state index < -0.39 is 40.9 Å². The van der Waals surface area contributed by atoms with E-state index in [4.69, 9.17) is 4.74 Å². The van der Waals surface area contributed by atoms with Crippen LogP contribution in [0.3, 0.4) is 0 Å². The molecule has 2 N–H and O–H groups in total. The summed E-state index contributed by atoms with van der Waals surface area (Å²) in [6, 6.07) is 9.24. The molecule has 0 aliphatic rings. The van der Waals surface area contributed by atoms with Crippen LogP contribution < -0.4 is 15.6 Å². The number of pyridine rings is 1. The molecule has 33 heavy (non-hydrogen) atoms. The standard InChI is InChI=1S/C21H13F6N3O3/c22-20(23,24)14-8-13(9-15(10-14)21(25,26)27)19(32)30-29-18(31)12-3-5-16(6-4-12)33-17-2-1-7-28-11-17/h1-11H,(H,29,31)(H,30,32). The number of ether oxygens (including phenoxy) is 1. The summed E-state index contributed by atoms with van der Waals surface area (Å²) < 4.78 is 83.0. The third-order valence-corrected chi connectivity index (χ3v) is 4.13. The van der Waals surface area contributed by atoms with E-state index in [1.54, 1.807) is 23.8 Å². The van der Waals surface area contributed by atoms with Gasteiger partial charge in [-0.3, -0.25) is 25.4 Å². The Morgan fingerprint density at radius 3 is 1.76 bits per heavy atom. The van der Waals surface area contributed by atoms with Gasteiger partial charge >= 0.3 is 12.4 Å². The molecule has 6 nitrogen and oxygen atoms in total. The Labute approximate surface area is 182 Å². The van der Waals surface area contributed by atoms with Crippen LogP contribution >= 0.6 is 0 Å². The average Bonchev–Trinajstić information content (AvgIpc) is 2.77. The number of hydrazine groups is 1. The normalized spacial score (nSPS) is 11.6. The van der Waals surface area contributed by atoms with Crippen LogP contribution in [0.25, 0.3) is 0 Å². The number of alkyl halides is 6. The Morgan fingerprint density at radius 2 is 1.27 bits per heavy atom. The van der Waals surface area contributed by atoms with Crippen molar-refractivity contribution < 1.29 is 40.7 Å². The number of aromatic nitrogens is 1. The van der Waals surface area contributed by atoms with Crippen LogP contribution in [0.4, 0.5) is 26.3 Å². The minimum absolute atomic E-state index is 0.0360. The molecule has 0 spiro atoms. The third kappa shape index (κ3) is 6.21. The summed E-state index contributed by atoms with van der Waals surface area (Å²) >= 11 is 0. The van der Waals surface area contributed by atoms with Gasteiger partial charge in [0.25, 0.3) is 11.8 Å². The van der Waals surface area contributed by atoms with Gasteiger partial charge in [0.05, 0.1) is 17.3 Å². The molecule has 3 rings (SSSR count). The Morgan fingerprint density at radius 1 is 0.727 bits per heavy atom. The number of carbonyl (C=O) groups is 2. The van der Waals surface area contributed by atoms with Crippen LogP contribution in [0.5, 0.6) is 11.5 Å². The molecule has 2 aromatic carbocycles. The molecule has 2 amide bonds. The van der Waals surface area contributed by atoms with Gasteiger partial charge in [0.2, 0.25) is 0 Å². The summed E-state index contributed by atoms with van der Waals surface area (Å²) in [4.78, 5) is 28.2. The third-order valence-electron chi connectivity index (χ3n) is 4.13. The smallest absolute Gasteiger partial charge is 0.416 e. The first kappa shape index (κ1) is 23.6. The van der Waals surface area contributed by atoms with Gasteiger partial charge in [-0.2, -0.15) is 26.3 Å². The van der Waals surface area contributed by atoms with Gasteiger partial charge in [-0.1, -0.05) is 0 Å². The lowest BCUT2D eigenvalue weighted by Gasteiger charge is -2.14. The topological polar surface area (TPSA) is 80.3 Å². The second kappa shape index (κ2) is 9.18. The minimum atomic E-state index is -5.11. The molecule has 12 heteroatoms. The van der Waals surface area contributed by atoms with Crippen molar-refractivity contribution in [1.82, 2.24) is 15.8 Å². The van der Waals surface area contributed by atoms with E-state index in [2.05, 4.69) is 4.98 Å². The molecule has 0 aliphatic carbocycles. The van der Waals surface area contributed by atoms with E-state index in [1.807, 2.05) is 5.43 Å². The van der Waals surface area contributed by atoms with Crippen molar-refractivity contribution in [2.24, 2.45) is 0 Å². The zero-order valence-electron chi connectivity index (χ0n) is 16.3. The maximum atomic E-state index is 12.9. The van der Waals surface area contributed by atoms with Crippen molar-refractivity contribution in [3.63, 3.8) is 0 Å². The zero-order chi connectivity index (χ0) is 24.2. The SMILES string of the molecule is O=C(NNC(=O)c1cc(C(F)(F)F)cc(C(F)(F)F)c1)c1ccc(Oc2cccnc2)cc1. The molecule has 0 saturated heterocycles. The first-order valence-corrected chi connectivity index (χ1v) is 9.01. The van der Waals surface area contributed by atoms with Gasteiger partial charge < -0.3 is 4.74 Å². The highest BCUT2D eigenvalue weighted by Crippen LogP contribution is 2.36. The molecule has 0 radical (unpaired) electrons. The van der Waals surface area contributed by atoms with Crippen LogP contribution in [-0.2, 0) is 12.4 Å². The molecule has 0 unspecified atom stereocenters. The quantitative estimate of drug-likeness (QED) is 0.417. The fourth-order valence-corrected chi connectivity index (χ4v) is 2.56. The molecule has 1 heterocycles. The Hall–Kier alpha value is -4.09. The largest absolute Gasteiger partial charge is 0.456 e. The molecule has 0 aliphatic heterocycles. The van der Waals surface area contributed by atoms with Crippen LogP contribution in [0.1, 0.15) is 31.8 Å². The Balaban J connectivity index is 1.68. The summed E-state index contributed by atoms with van der Waals surface area (Å²) in [5.41, 5.74) is -0.479. The van der Waals surface area contributed by atoms with Crippen molar-refractivity contribution in [1.29, 1.82) is 0 Å². The van der Waals surface area contributed by atoms with Gasteiger partial charge in [0.1, 0.15) is 11.5 Å². The number of carbonyl (C=O) groups excluding carboxylic acids is 2. The summed E-state index contributed by atoms with van der Waals surface area (Å²) in [6.07, 6.45) is -7.20. The second-order valence-electron chi connectivity index (χ2n) is 6.52. The Kier molecular flexibility index (Phi) is 6.56. The highest BCUT2D eigenvalue weighted by atomic mass is 19.4. The van der Waals surface area contributed by atoms with Crippen LogP contribution in [0.2, 0.25) is 0 Å². The van der Waals surface area contributed by atoms with E-state index in [-0.39, 0.29) is 23.8 Å². The summed E-state index contributed by atoms with van der Waals surface area (Å²) in [5.74, 6) is -1.41. The van der Waals surface area contributed by atoms with Crippen LogP contribution in [0.15, 0.2) is 67.0 Å². The molecule has 172 valence electrons. The number of nitrogens with zero attached hydrogens (tertiary/aromatic N) is 1. The van der Waals surface area contributed by atoms with Gasteiger partial charge in [0, 0.05) is 17.3 Å². The first-order valence-electron chi connectivity index (χ1n) is 9.01. The van der Waals surface area contributed by atoms with E-state index in [0.717, 1.165) is 0 Å². The zero-order valence-corrected chi connectivity index (χ0v) is 16.3. The molecule has 0 bridgehead atoms. The second-order valence-corrected chi connectivity index (χ2v) is 6.52. The highest BCUT2D eigenvalue weighted by Gasteiger charge is 2.37. The van der Waals surface area contributed by atoms with Gasteiger partial charge in [-0.15, -0.1) is 0 Å². The number of halogens is 6. The highest BCUT2D eigenvalue weighted by molar-refractivity contribution is 5.99. The number of hydrogen-bond donors (Lipinski definition) is 2. The average molecular weight is 469 g/mol.